The van der Waals surface area contributed by atoms with Gasteiger partial charge in [0.25, 0.3) is 0 Å². The van der Waals surface area contributed by atoms with Crippen molar-refractivity contribution in [3.05, 3.63) is 35.6 Å². The number of carboxylic acids is 1. The van der Waals surface area contributed by atoms with Gasteiger partial charge >= 0.3 is 5.97 Å². The SMILES string of the molecule is NC(=O)C[C@@H](NC(=O)Cc1cccc(F)c1)C(=O)O. The van der Waals surface area contributed by atoms with Gasteiger partial charge in [-0.1, -0.05) is 12.1 Å². The molecule has 0 aliphatic carbocycles. The first-order valence-corrected chi connectivity index (χ1v) is 5.43. The van der Waals surface area contributed by atoms with Crippen molar-refractivity contribution in [1.82, 2.24) is 5.32 Å². The number of hydrogen-bond donors (Lipinski definition) is 3. The van der Waals surface area contributed by atoms with E-state index in [2.05, 4.69) is 5.32 Å². The molecule has 0 aliphatic rings. The molecule has 102 valence electrons. The first-order chi connectivity index (χ1) is 8.88. The molecule has 1 aromatic rings. The van der Waals surface area contributed by atoms with Crippen molar-refractivity contribution < 1.29 is 23.9 Å². The maximum absolute atomic E-state index is 12.9. The van der Waals surface area contributed by atoms with E-state index in [1.807, 2.05) is 0 Å². The summed E-state index contributed by atoms with van der Waals surface area (Å²) in [5.41, 5.74) is 5.28. The Morgan fingerprint density at radius 2 is 2.05 bits per heavy atom. The van der Waals surface area contributed by atoms with Gasteiger partial charge in [-0.2, -0.15) is 0 Å². The van der Waals surface area contributed by atoms with Crippen LogP contribution in [0.2, 0.25) is 0 Å². The molecule has 0 aliphatic heterocycles. The number of carboxylic acid groups (broad SMARTS) is 1. The van der Waals surface area contributed by atoms with Crippen molar-refractivity contribution in [2.75, 3.05) is 0 Å². The van der Waals surface area contributed by atoms with Crippen molar-refractivity contribution in [3.63, 3.8) is 0 Å². The van der Waals surface area contributed by atoms with Gasteiger partial charge in [0.15, 0.2) is 0 Å². The van der Waals surface area contributed by atoms with Crippen molar-refractivity contribution in [3.8, 4) is 0 Å². The molecule has 0 unspecified atom stereocenters. The lowest BCUT2D eigenvalue weighted by molar-refractivity contribution is -0.143. The van der Waals surface area contributed by atoms with Crippen LogP contribution in [0.4, 0.5) is 4.39 Å². The molecule has 0 aromatic heterocycles. The van der Waals surface area contributed by atoms with Crippen molar-refractivity contribution in [1.29, 1.82) is 0 Å². The fourth-order valence-electron chi connectivity index (χ4n) is 1.48. The van der Waals surface area contributed by atoms with Gasteiger partial charge in [-0.15, -0.1) is 0 Å². The Morgan fingerprint density at radius 3 is 2.58 bits per heavy atom. The van der Waals surface area contributed by atoms with Gasteiger partial charge in [0.1, 0.15) is 11.9 Å². The Labute approximate surface area is 108 Å². The summed E-state index contributed by atoms with van der Waals surface area (Å²) in [6.07, 6.45) is -0.676. The van der Waals surface area contributed by atoms with Gasteiger partial charge in [0, 0.05) is 0 Å². The van der Waals surface area contributed by atoms with E-state index >= 15 is 0 Å². The van der Waals surface area contributed by atoms with E-state index in [9.17, 15) is 18.8 Å². The summed E-state index contributed by atoms with van der Waals surface area (Å²) in [5.74, 6) is -3.30. The van der Waals surface area contributed by atoms with Gasteiger partial charge in [0.05, 0.1) is 12.8 Å². The maximum atomic E-state index is 12.9. The molecule has 0 fully saturated rings. The number of amides is 2. The van der Waals surface area contributed by atoms with Crippen LogP contribution in [0, 0.1) is 5.82 Å². The van der Waals surface area contributed by atoms with Gasteiger partial charge in [-0.3, -0.25) is 9.59 Å². The van der Waals surface area contributed by atoms with E-state index in [-0.39, 0.29) is 6.42 Å². The summed E-state index contributed by atoms with van der Waals surface area (Å²) in [7, 11) is 0. The highest BCUT2D eigenvalue weighted by atomic mass is 19.1. The maximum Gasteiger partial charge on any atom is 0.326 e. The normalized spacial score (nSPS) is 11.6. The van der Waals surface area contributed by atoms with Gasteiger partial charge < -0.3 is 16.2 Å². The summed E-state index contributed by atoms with van der Waals surface area (Å²) in [6.45, 7) is 0. The second kappa shape index (κ2) is 6.48. The van der Waals surface area contributed by atoms with Gasteiger partial charge in [-0.25, -0.2) is 9.18 Å². The Kier molecular flexibility index (Phi) is 4.99. The molecule has 6 nitrogen and oxygen atoms in total. The first-order valence-electron chi connectivity index (χ1n) is 5.43. The Hall–Kier alpha value is -2.44. The summed E-state index contributed by atoms with van der Waals surface area (Å²) in [5, 5.41) is 11.0. The van der Waals surface area contributed by atoms with Gasteiger partial charge in [0.2, 0.25) is 11.8 Å². The molecule has 0 spiro atoms. The number of carbonyl (C=O) groups is 3. The van der Waals surface area contributed by atoms with Crippen LogP contribution in [0.15, 0.2) is 24.3 Å². The fraction of sp³-hybridized carbons (Fsp3) is 0.250. The number of carbonyl (C=O) groups excluding carboxylic acids is 2. The molecule has 1 rings (SSSR count). The Bertz CT molecular complexity index is 504. The summed E-state index contributed by atoms with van der Waals surface area (Å²) < 4.78 is 12.9. The number of benzene rings is 1. The molecule has 2 amide bonds. The average molecular weight is 268 g/mol. The molecular weight excluding hydrogens is 255 g/mol. The zero-order valence-corrected chi connectivity index (χ0v) is 9.93. The lowest BCUT2D eigenvalue weighted by atomic mass is 10.1. The van der Waals surface area contributed by atoms with E-state index in [0.717, 1.165) is 0 Å². The molecule has 4 N–H and O–H groups in total. The number of primary amides is 1. The highest BCUT2D eigenvalue weighted by molar-refractivity contribution is 5.88. The van der Waals surface area contributed by atoms with Crippen LogP contribution in [0.3, 0.4) is 0 Å². The lowest BCUT2D eigenvalue weighted by Crippen LogP contribution is -2.43. The fourth-order valence-corrected chi connectivity index (χ4v) is 1.48. The third kappa shape index (κ3) is 5.15. The highest BCUT2D eigenvalue weighted by Crippen LogP contribution is 2.04. The minimum atomic E-state index is -1.38. The highest BCUT2D eigenvalue weighted by Gasteiger charge is 2.22. The summed E-state index contributed by atoms with van der Waals surface area (Å²) >= 11 is 0. The third-order valence-corrected chi connectivity index (χ3v) is 2.29. The van der Waals surface area contributed by atoms with Crippen LogP contribution in [-0.4, -0.2) is 28.9 Å². The Balaban J connectivity index is 2.62. The summed E-state index contributed by atoms with van der Waals surface area (Å²) in [6, 6.07) is 4.00. The number of rotatable bonds is 6. The molecule has 1 atom stereocenters. The molecular formula is C12H13FN2O4. The van der Waals surface area contributed by atoms with E-state index in [4.69, 9.17) is 10.8 Å². The zero-order chi connectivity index (χ0) is 14.4. The van der Waals surface area contributed by atoms with Crippen LogP contribution in [0.25, 0.3) is 0 Å². The van der Waals surface area contributed by atoms with E-state index < -0.39 is 36.1 Å². The van der Waals surface area contributed by atoms with Crippen LogP contribution in [0.1, 0.15) is 12.0 Å². The van der Waals surface area contributed by atoms with E-state index in [1.165, 1.54) is 24.3 Å². The number of nitrogens with two attached hydrogens (primary N) is 1. The average Bonchev–Trinajstić information content (AvgIpc) is 2.27. The van der Waals surface area contributed by atoms with Crippen molar-refractivity contribution in [2.45, 2.75) is 18.9 Å². The predicted octanol–water partition coefficient (Wildman–Crippen LogP) is -0.187. The zero-order valence-electron chi connectivity index (χ0n) is 9.93. The molecule has 0 saturated carbocycles. The standard InChI is InChI=1S/C12H13FN2O4/c13-8-3-1-2-7(4-8)5-11(17)15-9(12(18)19)6-10(14)16/h1-4,9H,5-6H2,(H2,14,16)(H,15,17)(H,18,19)/t9-/m1/s1. The van der Waals surface area contributed by atoms with Crippen LogP contribution in [0.5, 0.6) is 0 Å². The van der Waals surface area contributed by atoms with Crippen LogP contribution < -0.4 is 11.1 Å². The number of aliphatic carboxylic acids is 1. The topological polar surface area (TPSA) is 109 Å². The molecule has 0 radical (unpaired) electrons. The van der Waals surface area contributed by atoms with E-state index in [0.29, 0.717) is 5.56 Å². The number of halogens is 1. The molecule has 0 heterocycles. The largest absolute Gasteiger partial charge is 0.480 e. The smallest absolute Gasteiger partial charge is 0.326 e. The lowest BCUT2D eigenvalue weighted by Gasteiger charge is -2.12. The second-order valence-corrected chi connectivity index (χ2v) is 3.94. The molecule has 7 heteroatoms. The quantitative estimate of drug-likeness (QED) is 0.664. The second-order valence-electron chi connectivity index (χ2n) is 3.94. The minimum absolute atomic E-state index is 0.180. The molecule has 1 aromatic carbocycles. The van der Waals surface area contributed by atoms with Crippen LogP contribution in [-0.2, 0) is 20.8 Å². The monoisotopic (exact) mass is 268 g/mol. The molecule has 0 saturated heterocycles. The number of nitrogens with one attached hydrogen (secondary N) is 1. The van der Waals surface area contributed by atoms with Crippen molar-refractivity contribution >= 4 is 17.8 Å². The third-order valence-electron chi connectivity index (χ3n) is 2.29. The van der Waals surface area contributed by atoms with Crippen molar-refractivity contribution in [2.24, 2.45) is 5.73 Å². The van der Waals surface area contributed by atoms with Gasteiger partial charge in [-0.05, 0) is 17.7 Å². The predicted molar refractivity (Wildman–Crippen MR) is 63.5 cm³/mol. The van der Waals surface area contributed by atoms with Crippen LogP contribution >= 0.6 is 0 Å². The van der Waals surface area contributed by atoms with E-state index in [1.54, 1.807) is 0 Å². The number of hydrogen-bond acceptors (Lipinski definition) is 3. The first kappa shape index (κ1) is 14.6. The summed E-state index contributed by atoms with van der Waals surface area (Å²) in [4.78, 5) is 33.0. The Morgan fingerprint density at radius 1 is 1.37 bits per heavy atom. The molecule has 19 heavy (non-hydrogen) atoms. The minimum Gasteiger partial charge on any atom is -0.480 e. The molecule has 0 bridgehead atoms.